The van der Waals surface area contributed by atoms with E-state index in [0.29, 0.717) is 16.7 Å². The van der Waals surface area contributed by atoms with E-state index in [-0.39, 0.29) is 29.0 Å². The molecule has 0 bridgehead atoms. The predicted octanol–water partition coefficient (Wildman–Crippen LogP) is 3.78. The molecule has 0 aliphatic heterocycles. The quantitative estimate of drug-likeness (QED) is 0.232. The van der Waals surface area contributed by atoms with Crippen molar-refractivity contribution in [1.82, 2.24) is 0 Å². The van der Waals surface area contributed by atoms with Gasteiger partial charge >= 0.3 is 5.63 Å². The number of non-ortho nitro benzene ring substituents is 1. The maximum atomic E-state index is 12.6. The van der Waals surface area contributed by atoms with Crippen LogP contribution in [0.3, 0.4) is 0 Å². The fraction of sp³-hybridized carbons (Fsp3) is 0.158. The Hall–Kier alpha value is -3.68. The average molecular weight is 368 g/mol. The summed E-state index contributed by atoms with van der Waals surface area (Å²) in [5.74, 6) is -1.05. The number of benzene rings is 2. The Morgan fingerprint density at radius 1 is 1.26 bits per heavy atom. The Morgan fingerprint density at radius 2 is 2.00 bits per heavy atom. The van der Waals surface area contributed by atoms with Crippen LogP contribution in [0.15, 0.2) is 62.9 Å². The van der Waals surface area contributed by atoms with Crippen molar-refractivity contribution in [3.8, 4) is 5.75 Å². The van der Waals surface area contributed by atoms with Crippen LogP contribution in [0.2, 0.25) is 0 Å². The van der Waals surface area contributed by atoms with Gasteiger partial charge in [0, 0.05) is 24.5 Å². The number of nitro groups is 1. The van der Waals surface area contributed by atoms with Crippen LogP contribution < -0.4 is 5.63 Å². The zero-order valence-electron chi connectivity index (χ0n) is 14.3. The molecule has 27 heavy (non-hydrogen) atoms. The summed E-state index contributed by atoms with van der Waals surface area (Å²) in [4.78, 5) is 23.2. The van der Waals surface area contributed by atoms with Crippen LogP contribution in [-0.4, -0.2) is 20.9 Å². The number of fused-ring (bicyclic) bond motifs is 1. The second-order valence-corrected chi connectivity index (χ2v) is 6.09. The lowest BCUT2D eigenvalue weighted by Crippen LogP contribution is -2.17. The molecule has 0 radical (unpaired) electrons. The molecule has 1 aromatic heterocycles. The van der Waals surface area contributed by atoms with E-state index in [1.54, 1.807) is 37.3 Å². The minimum Gasteiger partial charge on any atom is -0.507 e. The minimum absolute atomic E-state index is 0.0443. The third-order valence-corrected chi connectivity index (χ3v) is 4.32. The molecule has 3 aromatic rings. The standard InChI is InChI=1S/C19H16N2O6/c1-11(20-24)9-15(12-5-4-6-13(10-12)21(25)26)17-18(22)14-7-2-3-8-16(14)27-19(17)23/h2-8,10,15,22,24H,9H2,1H3/b20-11+. The van der Waals surface area contributed by atoms with Crippen molar-refractivity contribution in [2.75, 3.05) is 0 Å². The smallest absolute Gasteiger partial charge is 0.343 e. The van der Waals surface area contributed by atoms with Crippen LogP contribution in [0, 0.1) is 10.1 Å². The molecule has 0 saturated heterocycles. The number of aromatic hydroxyl groups is 1. The summed E-state index contributed by atoms with van der Waals surface area (Å²) in [6, 6.07) is 12.3. The Labute approximate surface area is 153 Å². The monoisotopic (exact) mass is 368 g/mol. The molecule has 1 atom stereocenters. The maximum absolute atomic E-state index is 12.6. The molecule has 0 amide bonds. The van der Waals surface area contributed by atoms with Crippen molar-refractivity contribution in [2.45, 2.75) is 19.3 Å². The van der Waals surface area contributed by atoms with Crippen molar-refractivity contribution in [3.05, 3.63) is 80.2 Å². The van der Waals surface area contributed by atoms with Crippen molar-refractivity contribution in [2.24, 2.45) is 5.16 Å². The molecule has 1 heterocycles. The van der Waals surface area contributed by atoms with Gasteiger partial charge in [-0.05, 0) is 24.6 Å². The number of nitro benzene ring substituents is 1. The van der Waals surface area contributed by atoms with Crippen LogP contribution in [0.25, 0.3) is 11.0 Å². The van der Waals surface area contributed by atoms with Gasteiger partial charge in [-0.2, -0.15) is 0 Å². The van der Waals surface area contributed by atoms with E-state index in [1.807, 2.05) is 0 Å². The molecule has 8 nitrogen and oxygen atoms in total. The molecule has 2 aromatic carbocycles. The van der Waals surface area contributed by atoms with Gasteiger partial charge in [-0.25, -0.2) is 4.79 Å². The molecule has 1 unspecified atom stereocenters. The van der Waals surface area contributed by atoms with Gasteiger partial charge in [0.1, 0.15) is 11.3 Å². The number of nitrogens with zero attached hydrogens (tertiary/aromatic N) is 2. The van der Waals surface area contributed by atoms with Gasteiger partial charge in [0.15, 0.2) is 0 Å². The fourth-order valence-electron chi connectivity index (χ4n) is 3.03. The normalized spacial score (nSPS) is 12.9. The highest BCUT2D eigenvalue weighted by atomic mass is 16.6. The molecule has 0 saturated carbocycles. The summed E-state index contributed by atoms with van der Waals surface area (Å²) in [5, 5.41) is 34.4. The third kappa shape index (κ3) is 3.50. The molecule has 8 heteroatoms. The molecule has 0 aliphatic carbocycles. The Bertz CT molecular complexity index is 1100. The summed E-state index contributed by atoms with van der Waals surface area (Å²) >= 11 is 0. The van der Waals surface area contributed by atoms with Gasteiger partial charge in [0.05, 0.1) is 21.6 Å². The number of rotatable bonds is 5. The van der Waals surface area contributed by atoms with E-state index in [0.717, 1.165) is 0 Å². The second-order valence-electron chi connectivity index (χ2n) is 6.09. The van der Waals surface area contributed by atoms with Crippen LogP contribution in [0.4, 0.5) is 5.69 Å². The number of para-hydroxylation sites is 1. The molecule has 0 fully saturated rings. The van der Waals surface area contributed by atoms with Crippen molar-refractivity contribution in [3.63, 3.8) is 0 Å². The molecular weight excluding hydrogens is 352 g/mol. The lowest BCUT2D eigenvalue weighted by Gasteiger charge is -2.18. The highest BCUT2D eigenvalue weighted by Gasteiger charge is 2.26. The predicted molar refractivity (Wildman–Crippen MR) is 98.6 cm³/mol. The van der Waals surface area contributed by atoms with Crippen molar-refractivity contribution >= 4 is 22.4 Å². The van der Waals surface area contributed by atoms with Gasteiger partial charge in [-0.1, -0.05) is 29.4 Å². The van der Waals surface area contributed by atoms with E-state index in [1.165, 1.54) is 18.2 Å². The van der Waals surface area contributed by atoms with Gasteiger partial charge in [0.25, 0.3) is 5.69 Å². The van der Waals surface area contributed by atoms with Crippen LogP contribution in [0.1, 0.15) is 30.4 Å². The second kappa shape index (κ2) is 7.28. The maximum Gasteiger partial charge on any atom is 0.343 e. The minimum atomic E-state index is -0.790. The summed E-state index contributed by atoms with van der Waals surface area (Å²) < 4.78 is 5.32. The molecular formula is C19H16N2O6. The largest absolute Gasteiger partial charge is 0.507 e. The third-order valence-electron chi connectivity index (χ3n) is 4.32. The van der Waals surface area contributed by atoms with Gasteiger partial charge in [-0.3, -0.25) is 10.1 Å². The van der Waals surface area contributed by atoms with E-state index >= 15 is 0 Å². The first-order valence-corrected chi connectivity index (χ1v) is 8.09. The Kier molecular flexibility index (Phi) is 4.89. The molecule has 2 N–H and O–H groups in total. The zero-order chi connectivity index (χ0) is 19.6. The molecule has 0 spiro atoms. The lowest BCUT2D eigenvalue weighted by atomic mass is 9.86. The summed E-state index contributed by atoms with van der Waals surface area (Å²) in [7, 11) is 0. The first kappa shape index (κ1) is 18.1. The topological polar surface area (TPSA) is 126 Å². The fourth-order valence-corrected chi connectivity index (χ4v) is 3.03. The zero-order valence-corrected chi connectivity index (χ0v) is 14.3. The number of oxime groups is 1. The average Bonchev–Trinajstić information content (AvgIpc) is 2.67. The van der Waals surface area contributed by atoms with Crippen LogP contribution in [0.5, 0.6) is 5.75 Å². The van der Waals surface area contributed by atoms with Gasteiger partial charge in [-0.15, -0.1) is 0 Å². The van der Waals surface area contributed by atoms with Crippen molar-refractivity contribution < 1.29 is 19.7 Å². The SMILES string of the molecule is C/C(CC(c1cccc([N+](=O)[O-])c1)c1c(O)c2ccccc2oc1=O)=N\O. The van der Waals surface area contributed by atoms with E-state index in [4.69, 9.17) is 9.62 Å². The van der Waals surface area contributed by atoms with Gasteiger partial charge in [0.2, 0.25) is 0 Å². The molecule has 0 aliphatic rings. The first-order chi connectivity index (χ1) is 12.9. The van der Waals surface area contributed by atoms with E-state index < -0.39 is 16.5 Å². The van der Waals surface area contributed by atoms with Gasteiger partial charge < -0.3 is 14.7 Å². The van der Waals surface area contributed by atoms with Crippen LogP contribution >= 0.6 is 0 Å². The first-order valence-electron chi connectivity index (χ1n) is 8.09. The summed E-state index contributed by atoms with van der Waals surface area (Å²) in [5.41, 5.74) is -0.0102. The summed E-state index contributed by atoms with van der Waals surface area (Å²) in [6.07, 6.45) is 0.0638. The number of hydrogen-bond donors (Lipinski definition) is 2. The highest BCUT2D eigenvalue weighted by molar-refractivity contribution is 5.86. The Balaban J connectivity index is 2.26. The molecule has 3 rings (SSSR count). The highest BCUT2D eigenvalue weighted by Crippen LogP contribution is 2.37. The van der Waals surface area contributed by atoms with Crippen LogP contribution in [-0.2, 0) is 0 Å². The van der Waals surface area contributed by atoms with E-state index in [2.05, 4.69) is 5.16 Å². The molecule has 138 valence electrons. The van der Waals surface area contributed by atoms with Crippen molar-refractivity contribution in [1.29, 1.82) is 0 Å². The van der Waals surface area contributed by atoms with E-state index in [9.17, 15) is 20.0 Å². The number of hydrogen-bond acceptors (Lipinski definition) is 7. The lowest BCUT2D eigenvalue weighted by molar-refractivity contribution is -0.384. The summed E-state index contributed by atoms with van der Waals surface area (Å²) in [6.45, 7) is 1.55. The Morgan fingerprint density at radius 3 is 2.70 bits per heavy atom.